The lowest BCUT2D eigenvalue weighted by Gasteiger charge is -2.07. The summed E-state index contributed by atoms with van der Waals surface area (Å²) in [5.41, 5.74) is 18.0. The number of nitrogen functional groups attached to an aromatic ring is 2. The number of hydrogen-bond donors (Lipinski definition) is 3. The Bertz CT molecular complexity index is 537. The second-order valence-corrected chi connectivity index (χ2v) is 4.81. The predicted octanol–water partition coefficient (Wildman–Crippen LogP) is 1.21. The summed E-state index contributed by atoms with van der Waals surface area (Å²) in [5.74, 6) is 0.682. The molecule has 0 bridgehead atoms. The standard InChI is InChI=1S/C11H14N6S/c1-6(12)7-2-3-15-10(4-7)18-11-16-8(13)5-9(14)17-11/h2-6H,12H2,1H3,(H4,13,14,16,17)/t6-/m0/s1. The van der Waals surface area contributed by atoms with Gasteiger partial charge in [-0.1, -0.05) is 0 Å². The highest BCUT2D eigenvalue weighted by atomic mass is 32.2. The fraction of sp³-hybridized carbons (Fsp3) is 0.182. The Morgan fingerprint density at radius 1 is 1.17 bits per heavy atom. The summed E-state index contributed by atoms with van der Waals surface area (Å²) in [6.45, 7) is 1.92. The van der Waals surface area contributed by atoms with Crippen molar-refractivity contribution in [3.05, 3.63) is 30.0 Å². The summed E-state index contributed by atoms with van der Waals surface area (Å²) < 4.78 is 0. The lowest BCUT2D eigenvalue weighted by molar-refractivity contribution is 0.808. The van der Waals surface area contributed by atoms with E-state index in [0.717, 1.165) is 10.6 Å². The highest BCUT2D eigenvalue weighted by Crippen LogP contribution is 2.25. The summed E-state index contributed by atoms with van der Waals surface area (Å²) in [6, 6.07) is 5.25. The molecule has 0 saturated carbocycles. The fourth-order valence-electron chi connectivity index (χ4n) is 1.36. The maximum absolute atomic E-state index is 5.82. The molecule has 0 spiro atoms. The second kappa shape index (κ2) is 5.19. The predicted molar refractivity (Wildman–Crippen MR) is 71.8 cm³/mol. The lowest BCUT2D eigenvalue weighted by Crippen LogP contribution is -2.05. The normalized spacial score (nSPS) is 12.3. The van der Waals surface area contributed by atoms with E-state index in [1.54, 1.807) is 6.20 Å². The van der Waals surface area contributed by atoms with Gasteiger partial charge in [0.25, 0.3) is 0 Å². The summed E-state index contributed by atoms with van der Waals surface area (Å²) in [5, 5.41) is 1.23. The van der Waals surface area contributed by atoms with Gasteiger partial charge in [-0.05, 0) is 36.4 Å². The fourth-order valence-corrected chi connectivity index (χ4v) is 2.16. The molecule has 0 aliphatic carbocycles. The van der Waals surface area contributed by atoms with Crippen LogP contribution < -0.4 is 17.2 Å². The molecule has 0 amide bonds. The summed E-state index contributed by atoms with van der Waals surface area (Å²) in [4.78, 5) is 12.4. The van der Waals surface area contributed by atoms with E-state index in [-0.39, 0.29) is 6.04 Å². The first-order chi connectivity index (χ1) is 8.54. The summed E-state index contributed by atoms with van der Waals surface area (Å²) in [6.07, 6.45) is 1.71. The Morgan fingerprint density at radius 3 is 2.44 bits per heavy atom. The minimum atomic E-state index is -0.0424. The molecule has 1 atom stereocenters. The van der Waals surface area contributed by atoms with Crippen molar-refractivity contribution in [1.29, 1.82) is 0 Å². The van der Waals surface area contributed by atoms with Crippen molar-refractivity contribution in [2.45, 2.75) is 23.1 Å². The minimum absolute atomic E-state index is 0.0424. The number of aromatic nitrogens is 3. The first-order valence-electron chi connectivity index (χ1n) is 5.34. The van der Waals surface area contributed by atoms with Crippen LogP contribution >= 0.6 is 11.8 Å². The van der Waals surface area contributed by atoms with E-state index in [1.165, 1.54) is 17.8 Å². The van der Waals surface area contributed by atoms with Crippen molar-refractivity contribution in [2.75, 3.05) is 11.5 Å². The quantitative estimate of drug-likeness (QED) is 0.711. The van der Waals surface area contributed by atoms with Crippen LogP contribution in [0.1, 0.15) is 18.5 Å². The number of hydrogen-bond acceptors (Lipinski definition) is 7. The molecule has 18 heavy (non-hydrogen) atoms. The van der Waals surface area contributed by atoms with Gasteiger partial charge in [0.1, 0.15) is 16.7 Å². The Kier molecular flexibility index (Phi) is 3.63. The zero-order valence-electron chi connectivity index (χ0n) is 9.87. The Labute approximate surface area is 109 Å². The van der Waals surface area contributed by atoms with Gasteiger partial charge in [-0.25, -0.2) is 15.0 Å². The van der Waals surface area contributed by atoms with Crippen LogP contribution in [0.25, 0.3) is 0 Å². The highest BCUT2D eigenvalue weighted by molar-refractivity contribution is 7.99. The third-order valence-corrected chi connectivity index (χ3v) is 3.02. The number of pyridine rings is 1. The number of nitrogens with two attached hydrogens (primary N) is 3. The Balaban J connectivity index is 2.25. The molecule has 0 aromatic carbocycles. The van der Waals surface area contributed by atoms with Gasteiger partial charge >= 0.3 is 0 Å². The highest BCUT2D eigenvalue weighted by Gasteiger charge is 2.06. The van der Waals surface area contributed by atoms with Crippen LogP contribution in [0.2, 0.25) is 0 Å². The molecule has 2 heterocycles. The van der Waals surface area contributed by atoms with Crippen LogP contribution in [0.4, 0.5) is 11.6 Å². The lowest BCUT2D eigenvalue weighted by atomic mass is 10.1. The number of nitrogens with zero attached hydrogens (tertiary/aromatic N) is 3. The van der Waals surface area contributed by atoms with Crippen LogP contribution in [0.5, 0.6) is 0 Å². The van der Waals surface area contributed by atoms with Crippen molar-refractivity contribution in [2.24, 2.45) is 5.73 Å². The number of anilines is 2. The van der Waals surface area contributed by atoms with Crippen molar-refractivity contribution >= 4 is 23.4 Å². The van der Waals surface area contributed by atoms with Crippen molar-refractivity contribution in [3.63, 3.8) is 0 Å². The van der Waals surface area contributed by atoms with Gasteiger partial charge in [-0.15, -0.1) is 0 Å². The minimum Gasteiger partial charge on any atom is -0.383 e. The van der Waals surface area contributed by atoms with Gasteiger partial charge in [0, 0.05) is 18.3 Å². The first-order valence-corrected chi connectivity index (χ1v) is 6.15. The third kappa shape index (κ3) is 3.08. The van der Waals surface area contributed by atoms with E-state index < -0.39 is 0 Å². The van der Waals surface area contributed by atoms with Crippen molar-refractivity contribution < 1.29 is 0 Å². The maximum Gasteiger partial charge on any atom is 0.197 e. The molecule has 94 valence electrons. The zero-order chi connectivity index (χ0) is 13.1. The van der Waals surface area contributed by atoms with Gasteiger partial charge in [-0.3, -0.25) is 0 Å². The summed E-state index contributed by atoms with van der Waals surface area (Å²) >= 11 is 1.30. The van der Waals surface area contributed by atoms with Gasteiger partial charge in [-0.2, -0.15) is 0 Å². The van der Waals surface area contributed by atoms with Crippen LogP contribution in [-0.4, -0.2) is 15.0 Å². The second-order valence-electron chi connectivity index (χ2n) is 3.82. The van der Waals surface area contributed by atoms with Gasteiger partial charge in [0.15, 0.2) is 5.16 Å². The van der Waals surface area contributed by atoms with E-state index in [2.05, 4.69) is 15.0 Å². The van der Waals surface area contributed by atoms with Gasteiger partial charge < -0.3 is 17.2 Å². The van der Waals surface area contributed by atoms with Gasteiger partial charge in [0.2, 0.25) is 0 Å². The van der Waals surface area contributed by atoms with Crippen LogP contribution in [0.3, 0.4) is 0 Å². The molecule has 0 aliphatic rings. The van der Waals surface area contributed by atoms with Crippen molar-refractivity contribution in [3.8, 4) is 0 Å². The SMILES string of the molecule is C[C@H](N)c1ccnc(Sc2nc(N)cc(N)n2)c1. The molecule has 7 heteroatoms. The maximum atomic E-state index is 5.82. The number of rotatable bonds is 3. The van der Waals surface area contributed by atoms with Crippen molar-refractivity contribution in [1.82, 2.24) is 15.0 Å². The topological polar surface area (TPSA) is 117 Å². The average Bonchev–Trinajstić information content (AvgIpc) is 2.27. The average molecular weight is 262 g/mol. The molecule has 2 aromatic rings. The van der Waals surface area contributed by atoms with Crippen LogP contribution in [0.15, 0.2) is 34.6 Å². The van der Waals surface area contributed by atoms with Crippen LogP contribution in [-0.2, 0) is 0 Å². The van der Waals surface area contributed by atoms with Crippen LogP contribution in [0, 0.1) is 0 Å². The molecule has 0 fully saturated rings. The smallest absolute Gasteiger partial charge is 0.197 e. The molecule has 6 N–H and O–H groups in total. The van der Waals surface area contributed by atoms with E-state index in [1.807, 2.05) is 19.1 Å². The molecular weight excluding hydrogens is 248 g/mol. The molecule has 0 unspecified atom stereocenters. The molecule has 0 saturated heterocycles. The Morgan fingerprint density at radius 2 is 1.83 bits per heavy atom. The monoisotopic (exact) mass is 262 g/mol. The molecule has 0 aliphatic heterocycles. The summed E-state index contributed by atoms with van der Waals surface area (Å²) in [7, 11) is 0. The largest absolute Gasteiger partial charge is 0.383 e. The molecule has 6 nitrogen and oxygen atoms in total. The molecule has 2 rings (SSSR count). The first kappa shape index (κ1) is 12.6. The molecule has 2 aromatic heterocycles. The van der Waals surface area contributed by atoms with E-state index >= 15 is 0 Å². The third-order valence-electron chi connectivity index (χ3n) is 2.23. The molecular formula is C11H14N6S. The molecule has 0 radical (unpaired) electrons. The van der Waals surface area contributed by atoms with E-state index in [4.69, 9.17) is 17.2 Å². The van der Waals surface area contributed by atoms with E-state index in [9.17, 15) is 0 Å². The van der Waals surface area contributed by atoms with Gasteiger partial charge in [0.05, 0.1) is 0 Å². The zero-order valence-corrected chi connectivity index (χ0v) is 10.7. The van der Waals surface area contributed by atoms with E-state index in [0.29, 0.717) is 16.8 Å². The Hall–Kier alpha value is -1.86.